The summed E-state index contributed by atoms with van der Waals surface area (Å²) in [4.78, 5) is 0. The Labute approximate surface area is 121 Å². The molecular formula is C19H34. The highest BCUT2D eigenvalue weighted by Gasteiger charge is 2.13. The van der Waals surface area contributed by atoms with Crippen molar-refractivity contribution >= 4 is 0 Å². The quantitative estimate of drug-likeness (QED) is 0.441. The smallest absolute Gasteiger partial charge is 0.0109 e. The van der Waals surface area contributed by atoms with Gasteiger partial charge in [-0.2, -0.15) is 0 Å². The fourth-order valence-corrected chi connectivity index (χ4v) is 3.41. The highest BCUT2D eigenvalue weighted by Crippen LogP contribution is 2.30. The van der Waals surface area contributed by atoms with Gasteiger partial charge in [-0.15, -0.1) is 0 Å². The van der Waals surface area contributed by atoms with E-state index in [1.165, 1.54) is 64.2 Å². The van der Waals surface area contributed by atoms with Gasteiger partial charge < -0.3 is 0 Å². The van der Waals surface area contributed by atoms with Gasteiger partial charge in [0.2, 0.25) is 0 Å². The van der Waals surface area contributed by atoms with Crippen LogP contribution in [-0.4, -0.2) is 0 Å². The van der Waals surface area contributed by atoms with Gasteiger partial charge in [-0.25, -0.2) is 0 Å². The van der Waals surface area contributed by atoms with Crippen LogP contribution in [0.3, 0.4) is 0 Å². The Kier molecular flexibility index (Phi) is 8.18. The molecule has 1 fully saturated rings. The Balaban J connectivity index is 2.47. The number of hydrogen-bond acceptors (Lipinski definition) is 0. The van der Waals surface area contributed by atoms with Crippen molar-refractivity contribution in [2.24, 2.45) is 5.92 Å². The Morgan fingerprint density at radius 3 is 2.32 bits per heavy atom. The minimum Gasteiger partial charge on any atom is -0.0856 e. The second-order valence-electron chi connectivity index (χ2n) is 6.42. The molecule has 110 valence electrons. The maximum atomic E-state index is 2.38. The Morgan fingerprint density at radius 1 is 1.05 bits per heavy atom. The zero-order chi connectivity index (χ0) is 14.1. The molecule has 0 spiro atoms. The van der Waals surface area contributed by atoms with Crippen LogP contribution in [0.1, 0.15) is 91.9 Å². The number of allylic oxidation sites excluding steroid dienone is 4. The normalized spacial score (nSPS) is 19.5. The van der Waals surface area contributed by atoms with E-state index >= 15 is 0 Å². The van der Waals surface area contributed by atoms with Crippen LogP contribution in [0.4, 0.5) is 0 Å². The Hall–Kier alpha value is -0.520. The van der Waals surface area contributed by atoms with Crippen molar-refractivity contribution in [3.63, 3.8) is 0 Å². The van der Waals surface area contributed by atoms with Crippen molar-refractivity contribution in [2.75, 3.05) is 0 Å². The fraction of sp³-hybridized carbons (Fsp3) is 0.789. The SMILES string of the molecule is CC/C=C(/C)C/C(CC)=C(\C)CCC1CCCCC1. The lowest BCUT2D eigenvalue weighted by atomic mass is 9.84. The van der Waals surface area contributed by atoms with Crippen molar-refractivity contribution in [2.45, 2.75) is 91.9 Å². The molecule has 1 rings (SSSR count). The molecule has 0 atom stereocenters. The molecule has 0 saturated heterocycles. The van der Waals surface area contributed by atoms with E-state index in [-0.39, 0.29) is 0 Å². The molecule has 0 heteroatoms. The van der Waals surface area contributed by atoms with Crippen LogP contribution in [0.5, 0.6) is 0 Å². The standard InChI is InChI=1S/C19H34/c1-5-10-16(3)15-19(6-2)17(4)13-14-18-11-8-7-9-12-18/h10,18H,5-9,11-15H2,1-4H3/b16-10-,19-17+. The van der Waals surface area contributed by atoms with Gasteiger partial charge in [0, 0.05) is 0 Å². The molecule has 0 nitrogen and oxygen atoms in total. The van der Waals surface area contributed by atoms with Crippen LogP contribution in [0.25, 0.3) is 0 Å². The summed E-state index contributed by atoms with van der Waals surface area (Å²) < 4.78 is 0. The van der Waals surface area contributed by atoms with Crippen LogP contribution >= 0.6 is 0 Å². The van der Waals surface area contributed by atoms with E-state index in [9.17, 15) is 0 Å². The van der Waals surface area contributed by atoms with E-state index in [0.717, 1.165) is 5.92 Å². The number of hydrogen-bond donors (Lipinski definition) is 0. The summed E-state index contributed by atoms with van der Waals surface area (Å²) in [6.07, 6.45) is 16.2. The first kappa shape index (κ1) is 16.5. The van der Waals surface area contributed by atoms with Crippen LogP contribution in [-0.2, 0) is 0 Å². The molecule has 0 N–H and O–H groups in total. The van der Waals surface area contributed by atoms with Crippen LogP contribution < -0.4 is 0 Å². The van der Waals surface area contributed by atoms with Gasteiger partial charge in [0.1, 0.15) is 0 Å². The molecule has 1 aliphatic rings. The van der Waals surface area contributed by atoms with E-state index in [2.05, 4.69) is 33.8 Å². The summed E-state index contributed by atoms with van der Waals surface area (Å²) in [5.74, 6) is 1.02. The molecule has 19 heavy (non-hydrogen) atoms. The average Bonchev–Trinajstić information content (AvgIpc) is 2.43. The van der Waals surface area contributed by atoms with Gasteiger partial charge >= 0.3 is 0 Å². The molecule has 0 amide bonds. The first-order chi connectivity index (χ1) is 9.17. The molecule has 0 bridgehead atoms. The molecular weight excluding hydrogens is 228 g/mol. The minimum absolute atomic E-state index is 1.02. The van der Waals surface area contributed by atoms with Gasteiger partial charge in [0.25, 0.3) is 0 Å². The first-order valence-corrected chi connectivity index (χ1v) is 8.50. The monoisotopic (exact) mass is 262 g/mol. The Morgan fingerprint density at radius 2 is 1.74 bits per heavy atom. The van der Waals surface area contributed by atoms with Crippen LogP contribution in [0.15, 0.2) is 22.8 Å². The van der Waals surface area contributed by atoms with Crippen molar-refractivity contribution in [3.8, 4) is 0 Å². The number of rotatable bonds is 7. The fourth-order valence-electron chi connectivity index (χ4n) is 3.41. The molecule has 0 aromatic carbocycles. The van der Waals surface area contributed by atoms with Crippen molar-refractivity contribution in [3.05, 3.63) is 22.8 Å². The summed E-state index contributed by atoms with van der Waals surface area (Å²) in [5.41, 5.74) is 4.92. The van der Waals surface area contributed by atoms with Gasteiger partial charge in [0.05, 0.1) is 0 Å². The second-order valence-corrected chi connectivity index (χ2v) is 6.42. The Bertz CT molecular complexity index is 300. The highest BCUT2D eigenvalue weighted by molar-refractivity contribution is 5.19. The van der Waals surface area contributed by atoms with Gasteiger partial charge in [0.15, 0.2) is 0 Å². The zero-order valence-corrected chi connectivity index (χ0v) is 13.7. The summed E-state index contributed by atoms with van der Waals surface area (Å²) in [6, 6.07) is 0. The van der Waals surface area contributed by atoms with Crippen molar-refractivity contribution in [1.82, 2.24) is 0 Å². The molecule has 0 aliphatic heterocycles. The molecule has 1 aliphatic carbocycles. The predicted molar refractivity (Wildman–Crippen MR) is 87.5 cm³/mol. The van der Waals surface area contributed by atoms with E-state index in [1.807, 2.05) is 0 Å². The van der Waals surface area contributed by atoms with Crippen LogP contribution in [0, 0.1) is 5.92 Å². The van der Waals surface area contributed by atoms with Gasteiger partial charge in [-0.05, 0) is 51.9 Å². The third kappa shape index (κ3) is 6.45. The third-order valence-corrected chi connectivity index (χ3v) is 4.73. The highest BCUT2D eigenvalue weighted by atomic mass is 14.2. The minimum atomic E-state index is 1.02. The summed E-state index contributed by atoms with van der Waals surface area (Å²) in [5, 5.41) is 0. The van der Waals surface area contributed by atoms with Gasteiger partial charge in [-0.1, -0.05) is 68.7 Å². The molecule has 0 radical (unpaired) electrons. The molecule has 0 aromatic heterocycles. The average molecular weight is 262 g/mol. The lowest BCUT2D eigenvalue weighted by Crippen LogP contribution is -2.06. The summed E-state index contributed by atoms with van der Waals surface area (Å²) in [6.45, 7) is 9.21. The van der Waals surface area contributed by atoms with Crippen LogP contribution in [0.2, 0.25) is 0 Å². The lowest BCUT2D eigenvalue weighted by Gasteiger charge is -2.22. The topological polar surface area (TPSA) is 0 Å². The molecule has 1 saturated carbocycles. The van der Waals surface area contributed by atoms with E-state index in [1.54, 1.807) is 16.7 Å². The summed E-state index contributed by atoms with van der Waals surface area (Å²) >= 11 is 0. The van der Waals surface area contributed by atoms with E-state index < -0.39 is 0 Å². The largest absolute Gasteiger partial charge is 0.0856 e. The lowest BCUT2D eigenvalue weighted by molar-refractivity contribution is 0.338. The van der Waals surface area contributed by atoms with Crippen molar-refractivity contribution in [1.29, 1.82) is 0 Å². The molecule has 0 heterocycles. The second kappa shape index (κ2) is 9.39. The summed E-state index contributed by atoms with van der Waals surface area (Å²) in [7, 11) is 0. The predicted octanol–water partition coefficient (Wildman–Crippen LogP) is 6.82. The maximum Gasteiger partial charge on any atom is -0.0109 e. The van der Waals surface area contributed by atoms with E-state index in [4.69, 9.17) is 0 Å². The first-order valence-electron chi connectivity index (χ1n) is 8.50. The van der Waals surface area contributed by atoms with E-state index in [0.29, 0.717) is 0 Å². The van der Waals surface area contributed by atoms with Crippen molar-refractivity contribution < 1.29 is 0 Å². The molecule has 0 unspecified atom stereocenters. The third-order valence-electron chi connectivity index (χ3n) is 4.73. The maximum absolute atomic E-state index is 2.38. The van der Waals surface area contributed by atoms with Gasteiger partial charge in [-0.3, -0.25) is 0 Å². The zero-order valence-electron chi connectivity index (χ0n) is 13.7. The molecule has 0 aromatic rings.